The van der Waals surface area contributed by atoms with E-state index in [2.05, 4.69) is 50.3 Å². The minimum atomic E-state index is -4.44. The van der Waals surface area contributed by atoms with Crippen molar-refractivity contribution in [1.82, 2.24) is 0 Å². The van der Waals surface area contributed by atoms with Crippen molar-refractivity contribution in [2.75, 3.05) is 47.5 Å². The average molecular weight is 837 g/mol. The first-order valence-electron chi connectivity index (χ1n) is 21.5. The van der Waals surface area contributed by atoms with Crippen LogP contribution in [0.25, 0.3) is 0 Å². The van der Waals surface area contributed by atoms with E-state index in [0.717, 1.165) is 57.8 Å². The molecule has 0 amide bonds. The second-order valence-corrected chi connectivity index (χ2v) is 16.9. The Balaban J connectivity index is 4.70. The summed E-state index contributed by atoms with van der Waals surface area (Å²) in [4.78, 5) is 35.3. The first kappa shape index (κ1) is 55.1. The molecular formula is C46H79NO10P+. The fourth-order valence-corrected chi connectivity index (χ4v) is 5.86. The summed E-state index contributed by atoms with van der Waals surface area (Å²) in [5.74, 6) is -1.08. The molecule has 332 valence electrons. The summed E-state index contributed by atoms with van der Waals surface area (Å²) >= 11 is 0. The number of ether oxygens (including phenoxy) is 2. The van der Waals surface area contributed by atoms with Gasteiger partial charge in [0.2, 0.25) is 0 Å². The van der Waals surface area contributed by atoms with E-state index in [0.29, 0.717) is 36.7 Å². The molecule has 0 aliphatic heterocycles. The lowest BCUT2D eigenvalue weighted by atomic mass is 10.1. The lowest BCUT2D eigenvalue weighted by Crippen LogP contribution is -2.37. The van der Waals surface area contributed by atoms with Crippen LogP contribution >= 0.6 is 7.82 Å². The van der Waals surface area contributed by atoms with Crippen LogP contribution in [0.3, 0.4) is 0 Å². The zero-order chi connectivity index (χ0) is 43.2. The first-order valence-corrected chi connectivity index (χ1v) is 23.0. The molecule has 0 rings (SSSR count). The van der Waals surface area contributed by atoms with Crippen molar-refractivity contribution in [1.29, 1.82) is 0 Å². The number of nitrogens with zero attached hydrogens (tertiary/aromatic N) is 1. The Morgan fingerprint density at radius 1 is 0.621 bits per heavy atom. The van der Waals surface area contributed by atoms with Gasteiger partial charge in [0.25, 0.3) is 0 Å². The maximum absolute atomic E-state index is 12.7. The zero-order valence-corrected chi connectivity index (χ0v) is 37.4. The summed E-state index contributed by atoms with van der Waals surface area (Å²) in [5, 5.41) is 20.2. The van der Waals surface area contributed by atoms with Gasteiger partial charge in [0, 0.05) is 12.8 Å². The van der Waals surface area contributed by atoms with Crippen LogP contribution in [0.1, 0.15) is 129 Å². The molecule has 11 nitrogen and oxygen atoms in total. The number of hydrogen-bond donors (Lipinski definition) is 3. The van der Waals surface area contributed by atoms with Gasteiger partial charge in [-0.05, 0) is 70.6 Å². The Labute approximate surface area is 351 Å². The van der Waals surface area contributed by atoms with Crippen molar-refractivity contribution in [2.45, 2.75) is 148 Å². The van der Waals surface area contributed by atoms with Crippen molar-refractivity contribution < 1.29 is 52.3 Å². The Bertz CT molecular complexity index is 1300. The van der Waals surface area contributed by atoms with Crippen molar-refractivity contribution in [3.05, 3.63) is 85.1 Å². The van der Waals surface area contributed by atoms with Gasteiger partial charge in [-0.2, -0.15) is 0 Å². The number of hydrogen-bond acceptors (Lipinski definition) is 9. The van der Waals surface area contributed by atoms with Crippen LogP contribution in [0.2, 0.25) is 0 Å². The Kier molecular flexibility index (Phi) is 35.3. The molecule has 0 saturated heterocycles. The Morgan fingerprint density at radius 3 is 1.72 bits per heavy atom. The number of rotatable bonds is 37. The number of aliphatic hydroxyl groups excluding tert-OH is 2. The third-order valence-electron chi connectivity index (χ3n) is 8.61. The predicted molar refractivity (Wildman–Crippen MR) is 236 cm³/mol. The molecule has 0 saturated carbocycles. The highest BCUT2D eigenvalue weighted by Crippen LogP contribution is 2.43. The van der Waals surface area contributed by atoms with Gasteiger partial charge in [-0.3, -0.25) is 18.6 Å². The standard InChI is InChI=1S/C46H78NO10P/c1-6-8-10-11-12-13-14-15-16-17-18-19-23-26-30-36-46(51)57-44(41-56-58(52,53)55-39-38-47(3,4)5)40-54-45(50)37-31-35-43(49)34-29-25-22-20-21-24-28-33-42(48)32-27-9-7-2/h12-13,15-16,18-19,21-22,24-25,28-29,33-34,42-44,48-49H,6-11,14,17,20,23,26-27,30-32,35-41H2,1-5H3/p+1/b13-12-,16-15-,19-18-,24-21-,25-22-,33-28+,34-29+/t42-,43-,44+/m0/s1. The number of aliphatic hydroxyl groups is 2. The van der Waals surface area contributed by atoms with E-state index >= 15 is 0 Å². The number of likely N-dealkylation sites (N-methyl/N-ethyl adjacent to an activating group) is 1. The van der Waals surface area contributed by atoms with Crippen molar-refractivity contribution in [3.63, 3.8) is 0 Å². The van der Waals surface area contributed by atoms with Gasteiger partial charge in [-0.15, -0.1) is 0 Å². The number of unbranched alkanes of at least 4 members (excludes halogenated alkanes) is 7. The predicted octanol–water partition coefficient (Wildman–Crippen LogP) is 9.96. The van der Waals surface area contributed by atoms with Crippen LogP contribution in [0.5, 0.6) is 0 Å². The number of carbonyl (C=O) groups excluding carboxylic acids is 2. The lowest BCUT2D eigenvalue weighted by molar-refractivity contribution is -0.870. The molecule has 0 heterocycles. The molecule has 0 radical (unpaired) electrons. The molecule has 0 spiro atoms. The van der Waals surface area contributed by atoms with Crippen LogP contribution < -0.4 is 0 Å². The summed E-state index contributed by atoms with van der Waals surface area (Å²) in [5.41, 5.74) is 0. The molecule has 0 bridgehead atoms. The number of carbonyl (C=O) groups is 2. The molecule has 0 aromatic rings. The third-order valence-corrected chi connectivity index (χ3v) is 9.59. The minimum Gasteiger partial charge on any atom is -0.462 e. The number of phosphoric ester groups is 1. The van der Waals surface area contributed by atoms with E-state index in [9.17, 15) is 29.3 Å². The fraction of sp³-hybridized carbons (Fsp3) is 0.652. The SMILES string of the molecule is CCCCC/C=C\C/C=C\C/C=C\CCCCC(=O)O[C@H](COC(=O)CCC[C@@H](O)/C=C/C=C\C/C=C\C=C\[C@@H](O)CCCCC)COP(=O)(O)OCC[N+](C)(C)C. The van der Waals surface area contributed by atoms with Gasteiger partial charge >= 0.3 is 19.8 Å². The van der Waals surface area contributed by atoms with E-state index in [1.807, 2.05) is 51.5 Å². The molecule has 0 aromatic carbocycles. The van der Waals surface area contributed by atoms with E-state index < -0.39 is 44.7 Å². The van der Waals surface area contributed by atoms with Gasteiger partial charge in [0.1, 0.15) is 19.8 Å². The van der Waals surface area contributed by atoms with Gasteiger partial charge in [0.15, 0.2) is 6.10 Å². The van der Waals surface area contributed by atoms with Crippen molar-refractivity contribution in [2.24, 2.45) is 0 Å². The topological polar surface area (TPSA) is 149 Å². The normalized spacial score (nSPS) is 15.5. The molecular weight excluding hydrogens is 757 g/mol. The number of quaternary nitrogens is 1. The van der Waals surface area contributed by atoms with Gasteiger partial charge in [0.05, 0.1) is 40.0 Å². The van der Waals surface area contributed by atoms with Crippen LogP contribution in [-0.4, -0.2) is 97.3 Å². The molecule has 0 aromatic heterocycles. The maximum Gasteiger partial charge on any atom is 0.472 e. The number of phosphoric acid groups is 1. The molecule has 1 unspecified atom stereocenters. The summed E-state index contributed by atoms with van der Waals surface area (Å²) < 4.78 is 34.0. The highest BCUT2D eigenvalue weighted by molar-refractivity contribution is 7.47. The lowest BCUT2D eigenvalue weighted by Gasteiger charge is -2.24. The van der Waals surface area contributed by atoms with E-state index in [4.69, 9.17) is 18.5 Å². The van der Waals surface area contributed by atoms with Gasteiger partial charge in [-0.25, -0.2) is 4.57 Å². The number of allylic oxidation sites excluding steroid dienone is 12. The first-order chi connectivity index (χ1) is 27.8. The van der Waals surface area contributed by atoms with E-state index in [1.54, 1.807) is 18.2 Å². The quantitative estimate of drug-likeness (QED) is 0.0138. The van der Waals surface area contributed by atoms with Crippen LogP contribution in [0, 0.1) is 0 Å². The van der Waals surface area contributed by atoms with Crippen LogP contribution in [0.15, 0.2) is 85.1 Å². The van der Waals surface area contributed by atoms with Crippen LogP contribution in [-0.2, 0) is 32.7 Å². The van der Waals surface area contributed by atoms with E-state index in [-0.39, 0.29) is 26.1 Å². The summed E-state index contributed by atoms with van der Waals surface area (Å²) in [6.45, 7) is 3.95. The molecule has 3 N–H and O–H groups in total. The largest absolute Gasteiger partial charge is 0.472 e. The second kappa shape index (κ2) is 37.1. The van der Waals surface area contributed by atoms with Gasteiger partial charge < -0.3 is 29.1 Å². The van der Waals surface area contributed by atoms with Crippen LogP contribution in [0.4, 0.5) is 0 Å². The maximum atomic E-state index is 12.7. The van der Waals surface area contributed by atoms with Gasteiger partial charge in [-0.1, -0.05) is 131 Å². The fourth-order valence-electron chi connectivity index (χ4n) is 5.11. The van der Waals surface area contributed by atoms with Crippen molar-refractivity contribution in [3.8, 4) is 0 Å². The molecule has 12 heteroatoms. The average Bonchev–Trinajstić information content (AvgIpc) is 3.16. The Hall–Kier alpha value is -2.89. The monoisotopic (exact) mass is 837 g/mol. The summed E-state index contributed by atoms with van der Waals surface area (Å²) in [6, 6.07) is 0. The molecule has 4 atom stereocenters. The highest BCUT2D eigenvalue weighted by atomic mass is 31.2. The molecule has 0 aliphatic carbocycles. The molecule has 0 fully saturated rings. The Morgan fingerprint density at radius 2 is 1.14 bits per heavy atom. The molecule has 0 aliphatic rings. The smallest absolute Gasteiger partial charge is 0.462 e. The second-order valence-electron chi connectivity index (χ2n) is 15.4. The third kappa shape index (κ3) is 39.9. The van der Waals surface area contributed by atoms with E-state index in [1.165, 1.54) is 19.3 Å². The zero-order valence-electron chi connectivity index (χ0n) is 36.5. The molecule has 58 heavy (non-hydrogen) atoms. The summed E-state index contributed by atoms with van der Waals surface area (Å²) in [6.07, 6.45) is 39.9. The highest BCUT2D eigenvalue weighted by Gasteiger charge is 2.27. The number of esters is 2. The minimum absolute atomic E-state index is 0.0176. The van der Waals surface area contributed by atoms with Crippen molar-refractivity contribution >= 4 is 19.8 Å². The summed E-state index contributed by atoms with van der Waals surface area (Å²) in [7, 11) is 1.31.